The summed E-state index contributed by atoms with van der Waals surface area (Å²) in [5, 5.41) is 8.86. The van der Waals surface area contributed by atoms with Crippen molar-refractivity contribution in [1.29, 1.82) is 0 Å². The van der Waals surface area contributed by atoms with Gasteiger partial charge in [-0.1, -0.05) is 13.0 Å². The Morgan fingerprint density at radius 3 is 2.60 bits per heavy atom. The second kappa shape index (κ2) is 13.5. The molecule has 30 heavy (non-hydrogen) atoms. The Balaban J connectivity index is 0.00000320. The topological polar surface area (TPSA) is 60.0 Å². The van der Waals surface area contributed by atoms with E-state index in [1.165, 1.54) is 17.7 Å². The van der Waals surface area contributed by atoms with Crippen LogP contribution in [-0.4, -0.2) is 67.5 Å². The summed E-state index contributed by atoms with van der Waals surface area (Å²) in [6.45, 7) is 10.8. The maximum Gasteiger partial charge on any atom is 0.224 e. The molecule has 1 unspecified atom stereocenters. The monoisotopic (exact) mass is 547 g/mol. The third kappa shape index (κ3) is 7.67. The second-order valence-corrected chi connectivity index (χ2v) is 9.21. The molecule has 3 heterocycles. The molecule has 2 saturated heterocycles. The minimum Gasteiger partial charge on any atom is -0.357 e. The van der Waals surface area contributed by atoms with Crippen molar-refractivity contribution in [3.05, 3.63) is 22.4 Å². The van der Waals surface area contributed by atoms with Crippen molar-refractivity contribution in [3.63, 3.8) is 0 Å². The molecule has 8 heteroatoms. The summed E-state index contributed by atoms with van der Waals surface area (Å²) in [6, 6.07) is 4.71. The number of nitrogens with zero attached hydrogens (tertiary/aromatic N) is 3. The molecule has 0 radical (unpaired) electrons. The predicted molar refractivity (Wildman–Crippen MR) is 137 cm³/mol. The molecule has 2 aliphatic heterocycles. The molecule has 0 bridgehead atoms. The summed E-state index contributed by atoms with van der Waals surface area (Å²) in [5.41, 5.74) is 0. The second-order valence-electron chi connectivity index (χ2n) is 8.23. The van der Waals surface area contributed by atoms with Crippen LogP contribution in [0.5, 0.6) is 0 Å². The van der Waals surface area contributed by atoms with E-state index in [1.54, 1.807) is 0 Å². The van der Waals surface area contributed by atoms with Crippen LogP contribution < -0.4 is 10.6 Å². The molecular formula is C22H38IN5OS. The molecule has 0 aliphatic carbocycles. The standard InChI is InChI=1S/C22H37N5OS.HI/c1-3-23-22(24-11-8-21(28)27-12-4-5-13-27)25-17-19(20-7-6-16-29-20)26-14-9-18(2)10-15-26;/h6-7,16,18-19H,3-5,8-15,17H2,1-2H3,(H2,23,24,25);1H. The Bertz CT molecular complexity index is 640. The fourth-order valence-corrected chi connectivity index (χ4v) is 4.99. The molecule has 170 valence electrons. The number of nitrogens with one attached hydrogen (secondary N) is 2. The van der Waals surface area contributed by atoms with Crippen LogP contribution in [0.15, 0.2) is 22.5 Å². The van der Waals surface area contributed by atoms with Crippen molar-refractivity contribution >= 4 is 47.2 Å². The maximum absolute atomic E-state index is 12.3. The molecule has 0 saturated carbocycles. The molecule has 1 aromatic rings. The highest BCUT2D eigenvalue weighted by molar-refractivity contribution is 14.0. The number of hydrogen-bond donors (Lipinski definition) is 2. The van der Waals surface area contributed by atoms with Crippen molar-refractivity contribution in [3.8, 4) is 0 Å². The lowest BCUT2D eigenvalue weighted by molar-refractivity contribution is -0.129. The van der Waals surface area contributed by atoms with Gasteiger partial charge in [-0.3, -0.25) is 14.7 Å². The third-order valence-corrected chi connectivity index (χ3v) is 6.96. The Morgan fingerprint density at radius 2 is 1.97 bits per heavy atom. The number of halogens is 1. The van der Waals surface area contributed by atoms with Crippen LogP contribution >= 0.6 is 35.3 Å². The number of likely N-dealkylation sites (tertiary alicyclic amines) is 2. The van der Waals surface area contributed by atoms with Gasteiger partial charge in [0.2, 0.25) is 5.91 Å². The zero-order valence-corrected chi connectivity index (χ0v) is 21.6. The normalized spacial score (nSPS) is 19.4. The highest BCUT2D eigenvalue weighted by Gasteiger charge is 2.25. The van der Waals surface area contributed by atoms with Gasteiger partial charge in [-0.15, -0.1) is 35.3 Å². The zero-order chi connectivity index (χ0) is 20.5. The molecule has 0 aromatic carbocycles. The SMILES string of the molecule is CCNC(=NCC(c1cccs1)N1CCC(C)CC1)NCCC(=O)N1CCCC1.I. The first-order valence-corrected chi connectivity index (χ1v) is 12.1. The lowest BCUT2D eigenvalue weighted by Gasteiger charge is -2.35. The van der Waals surface area contributed by atoms with E-state index in [0.29, 0.717) is 19.0 Å². The van der Waals surface area contributed by atoms with Gasteiger partial charge in [0, 0.05) is 37.5 Å². The van der Waals surface area contributed by atoms with Crippen molar-refractivity contribution < 1.29 is 4.79 Å². The summed E-state index contributed by atoms with van der Waals surface area (Å²) >= 11 is 1.82. The Kier molecular flexibility index (Phi) is 11.4. The minimum atomic E-state index is 0. The lowest BCUT2D eigenvalue weighted by Crippen LogP contribution is -2.41. The van der Waals surface area contributed by atoms with Crippen LogP contribution in [0.25, 0.3) is 0 Å². The number of carbonyl (C=O) groups is 1. The average Bonchev–Trinajstić information content (AvgIpc) is 3.44. The van der Waals surface area contributed by atoms with Crippen LogP contribution in [0.4, 0.5) is 0 Å². The van der Waals surface area contributed by atoms with Gasteiger partial charge in [-0.05, 0) is 63.1 Å². The third-order valence-electron chi connectivity index (χ3n) is 5.99. The van der Waals surface area contributed by atoms with E-state index in [0.717, 1.165) is 64.0 Å². The number of carbonyl (C=O) groups excluding carboxylic acids is 1. The number of thiophene rings is 1. The molecule has 1 atom stereocenters. The number of rotatable bonds is 8. The first-order valence-electron chi connectivity index (χ1n) is 11.2. The minimum absolute atomic E-state index is 0. The molecule has 2 aliphatic rings. The Hall–Kier alpha value is -0.870. The Morgan fingerprint density at radius 1 is 1.23 bits per heavy atom. The highest BCUT2D eigenvalue weighted by Crippen LogP contribution is 2.29. The van der Waals surface area contributed by atoms with Crippen LogP contribution in [0.3, 0.4) is 0 Å². The van der Waals surface area contributed by atoms with Crippen molar-refractivity contribution in [2.45, 2.75) is 52.0 Å². The van der Waals surface area contributed by atoms with Gasteiger partial charge in [-0.25, -0.2) is 0 Å². The predicted octanol–water partition coefficient (Wildman–Crippen LogP) is 3.71. The van der Waals surface area contributed by atoms with Crippen molar-refractivity contribution in [2.75, 3.05) is 45.8 Å². The van der Waals surface area contributed by atoms with Crippen LogP contribution in [0, 0.1) is 5.92 Å². The van der Waals surface area contributed by atoms with E-state index in [4.69, 9.17) is 4.99 Å². The summed E-state index contributed by atoms with van der Waals surface area (Å²) in [7, 11) is 0. The van der Waals surface area contributed by atoms with Gasteiger partial charge in [0.1, 0.15) is 0 Å². The largest absolute Gasteiger partial charge is 0.357 e. The first kappa shape index (κ1) is 25.4. The van der Waals surface area contributed by atoms with Crippen LogP contribution in [-0.2, 0) is 4.79 Å². The number of guanidine groups is 1. The van der Waals surface area contributed by atoms with E-state index < -0.39 is 0 Å². The van der Waals surface area contributed by atoms with Crippen molar-refractivity contribution in [2.24, 2.45) is 10.9 Å². The number of piperidine rings is 1. The van der Waals surface area contributed by atoms with Crippen molar-refractivity contribution in [1.82, 2.24) is 20.4 Å². The molecule has 2 fully saturated rings. The lowest BCUT2D eigenvalue weighted by atomic mass is 9.97. The van der Waals surface area contributed by atoms with E-state index in [1.807, 2.05) is 16.2 Å². The fourth-order valence-electron chi connectivity index (χ4n) is 4.14. The van der Waals surface area contributed by atoms with Gasteiger partial charge in [-0.2, -0.15) is 0 Å². The number of hydrogen-bond acceptors (Lipinski definition) is 4. The molecule has 1 amide bonds. The van der Waals surface area contributed by atoms with Crippen LogP contribution in [0.2, 0.25) is 0 Å². The zero-order valence-electron chi connectivity index (χ0n) is 18.4. The maximum atomic E-state index is 12.3. The summed E-state index contributed by atoms with van der Waals surface area (Å²) in [6.07, 6.45) is 5.35. The smallest absolute Gasteiger partial charge is 0.224 e. The Labute approximate surface area is 202 Å². The van der Waals surface area contributed by atoms with E-state index >= 15 is 0 Å². The van der Waals surface area contributed by atoms with E-state index in [9.17, 15) is 4.79 Å². The first-order chi connectivity index (χ1) is 14.2. The van der Waals surface area contributed by atoms with Gasteiger partial charge < -0.3 is 15.5 Å². The van der Waals surface area contributed by atoms with Crippen LogP contribution in [0.1, 0.15) is 56.9 Å². The number of aliphatic imine (C=N–C) groups is 1. The molecular weight excluding hydrogens is 509 g/mol. The summed E-state index contributed by atoms with van der Waals surface area (Å²) in [5.74, 6) is 1.89. The quantitative estimate of drug-likeness (QED) is 0.296. The summed E-state index contributed by atoms with van der Waals surface area (Å²) < 4.78 is 0. The molecule has 3 rings (SSSR count). The van der Waals surface area contributed by atoms with E-state index in [2.05, 4.69) is 46.9 Å². The van der Waals surface area contributed by atoms with E-state index in [-0.39, 0.29) is 29.9 Å². The molecule has 6 nitrogen and oxygen atoms in total. The highest BCUT2D eigenvalue weighted by atomic mass is 127. The average molecular weight is 548 g/mol. The molecule has 1 aromatic heterocycles. The van der Waals surface area contributed by atoms with Gasteiger partial charge in [0.05, 0.1) is 12.6 Å². The van der Waals surface area contributed by atoms with Gasteiger partial charge in [0.25, 0.3) is 0 Å². The summed E-state index contributed by atoms with van der Waals surface area (Å²) in [4.78, 5) is 23.1. The molecule has 2 N–H and O–H groups in total. The van der Waals surface area contributed by atoms with Gasteiger partial charge in [0.15, 0.2) is 5.96 Å². The van der Waals surface area contributed by atoms with Gasteiger partial charge >= 0.3 is 0 Å². The molecule has 0 spiro atoms. The fraction of sp³-hybridized carbons (Fsp3) is 0.727. The number of amides is 1.